The van der Waals surface area contributed by atoms with Gasteiger partial charge in [-0.1, -0.05) is 34.1 Å². The first-order valence-corrected chi connectivity index (χ1v) is 6.27. The van der Waals surface area contributed by atoms with E-state index < -0.39 is 0 Å². The van der Waals surface area contributed by atoms with E-state index in [-0.39, 0.29) is 0 Å². The van der Waals surface area contributed by atoms with Crippen LogP contribution in [0.2, 0.25) is 0 Å². The molecule has 1 unspecified atom stereocenters. The van der Waals surface area contributed by atoms with E-state index >= 15 is 0 Å². The van der Waals surface area contributed by atoms with Gasteiger partial charge >= 0.3 is 0 Å². The molecule has 2 heteroatoms. The molecule has 0 aromatic heterocycles. The number of nitrogens with zero attached hydrogens (tertiary/aromatic N) is 1. The molecule has 1 atom stereocenters. The van der Waals surface area contributed by atoms with Gasteiger partial charge in [0.05, 0.1) is 0 Å². The maximum absolute atomic E-state index is 5.83. The lowest BCUT2D eigenvalue weighted by atomic mass is 9.84. The Balaban J connectivity index is 3.87. The average Bonchev–Trinajstić information content (AvgIpc) is 2.11. The predicted molar refractivity (Wildman–Crippen MR) is 69.0 cm³/mol. The Kier molecular flexibility index (Phi) is 7.20. The number of unbranched alkanes of at least 4 members (excludes halogenated alkanes) is 1. The minimum absolute atomic E-state index is 0.398. The van der Waals surface area contributed by atoms with Crippen LogP contribution in [0.15, 0.2) is 0 Å². The van der Waals surface area contributed by atoms with Crippen molar-refractivity contribution in [2.24, 2.45) is 17.1 Å². The molecule has 0 spiro atoms. The summed E-state index contributed by atoms with van der Waals surface area (Å²) >= 11 is 0. The summed E-state index contributed by atoms with van der Waals surface area (Å²) in [6, 6.07) is 0. The second-order valence-electron chi connectivity index (χ2n) is 5.98. The van der Waals surface area contributed by atoms with Gasteiger partial charge in [-0.05, 0) is 44.3 Å². The summed E-state index contributed by atoms with van der Waals surface area (Å²) < 4.78 is 0. The largest absolute Gasteiger partial charge is 0.330 e. The number of rotatable bonds is 7. The normalized spacial score (nSPS) is 14.6. The molecular weight excluding hydrogens is 184 g/mol. The van der Waals surface area contributed by atoms with Crippen molar-refractivity contribution in [3.8, 4) is 0 Å². The van der Waals surface area contributed by atoms with Crippen LogP contribution in [0.3, 0.4) is 0 Å². The smallest absolute Gasteiger partial charge is 0.00189 e. The van der Waals surface area contributed by atoms with Gasteiger partial charge in [0.25, 0.3) is 0 Å². The fraction of sp³-hybridized carbons (Fsp3) is 1.00. The third kappa shape index (κ3) is 8.88. The average molecular weight is 214 g/mol. The molecule has 0 radical (unpaired) electrons. The molecular formula is C13H30N2. The quantitative estimate of drug-likeness (QED) is 0.706. The fourth-order valence-corrected chi connectivity index (χ4v) is 2.05. The Morgan fingerprint density at radius 2 is 1.87 bits per heavy atom. The van der Waals surface area contributed by atoms with Crippen LogP contribution < -0.4 is 5.73 Å². The maximum Gasteiger partial charge on any atom is 0.00189 e. The van der Waals surface area contributed by atoms with E-state index in [0.717, 1.165) is 13.1 Å². The summed E-state index contributed by atoms with van der Waals surface area (Å²) in [5.41, 5.74) is 6.23. The van der Waals surface area contributed by atoms with Crippen LogP contribution in [-0.2, 0) is 0 Å². The minimum atomic E-state index is 0.398. The topological polar surface area (TPSA) is 29.3 Å². The Labute approximate surface area is 96.2 Å². The SMILES string of the molecule is CCCCN(C)CC(CN)CC(C)(C)C. The zero-order valence-corrected chi connectivity index (χ0v) is 11.3. The van der Waals surface area contributed by atoms with Crippen LogP contribution in [0, 0.1) is 11.3 Å². The molecule has 92 valence electrons. The van der Waals surface area contributed by atoms with Gasteiger partial charge in [0.1, 0.15) is 0 Å². The Morgan fingerprint density at radius 1 is 1.27 bits per heavy atom. The first-order valence-electron chi connectivity index (χ1n) is 6.27. The van der Waals surface area contributed by atoms with E-state index in [9.17, 15) is 0 Å². The molecule has 0 aromatic carbocycles. The lowest BCUT2D eigenvalue weighted by Gasteiger charge is -2.28. The third-order valence-electron chi connectivity index (χ3n) is 2.70. The van der Waals surface area contributed by atoms with Crippen molar-refractivity contribution >= 4 is 0 Å². The maximum atomic E-state index is 5.83. The van der Waals surface area contributed by atoms with Crippen LogP contribution in [0.5, 0.6) is 0 Å². The molecule has 0 rings (SSSR count). The van der Waals surface area contributed by atoms with Crippen molar-refractivity contribution in [3.05, 3.63) is 0 Å². The van der Waals surface area contributed by atoms with Crippen molar-refractivity contribution in [2.75, 3.05) is 26.7 Å². The highest BCUT2D eigenvalue weighted by atomic mass is 15.1. The number of hydrogen-bond donors (Lipinski definition) is 1. The fourth-order valence-electron chi connectivity index (χ4n) is 2.05. The number of hydrogen-bond acceptors (Lipinski definition) is 2. The molecule has 0 aromatic rings. The first-order chi connectivity index (χ1) is 6.89. The van der Waals surface area contributed by atoms with Gasteiger partial charge in [-0.2, -0.15) is 0 Å². The van der Waals surface area contributed by atoms with E-state index in [4.69, 9.17) is 5.73 Å². The molecule has 2 nitrogen and oxygen atoms in total. The van der Waals surface area contributed by atoms with Crippen molar-refractivity contribution < 1.29 is 0 Å². The molecule has 0 fully saturated rings. The molecule has 2 N–H and O–H groups in total. The van der Waals surface area contributed by atoms with Crippen LogP contribution in [0.25, 0.3) is 0 Å². The minimum Gasteiger partial charge on any atom is -0.330 e. The zero-order chi connectivity index (χ0) is 11.9. The van der Waals surface area contributed by atoms with E-state index in [1.165, 1.54) is 25.8 Å². The van der Waals surface area contributed by atoms with Gasteiger partial charge < -0.3 is 10.6 Å². The Bertz CT molecular complexity index is 149. The van der Waals surface area contributed by atoms with Crippen molar-refractivity contribution in [3.63, 3.8) is 0 Å². The van der Waals surface area contributed by atoms with Crippen molar-refractivity contribution in [2.45, 2.75) is 47.0 Å². The highest BCUT2D eigenvalue weighted by Crippen LogP contribution is 2.24. The van der Waals surface area contributed by atoms with E-state index in [1.807, 2.05) is 0 Å². The summed E-state index contributed by atoms with van der Waals surface area (Å²) in [4.78, 5) is 2.42. The molecule has 0 bridgehead atoms. The van der Waals surface area contributed by atoms with Gasteiger partial charge in [-0.3, -0.25) is 0 Å². The molecule has 0 aliphatic heterocycles. The van der Waals surface area contributed by atoms with Gasteiger partial charge in [0, 0.05) is 6.54 Å². The van der Waals surface area contributed by atoms with Gasteiger partial charge in [0.15, 0.2) is 0 Å². The summed E-state index contributed by atoms with van der Waals surface area (Å²) in [7, 11) is 2.21. The van der Waals surface area contributed by atoms with E-state index in [1.54, 1.807) is 0 Å². The van der Waals surface area contributed by atoms with Crippen LogP contribution in [-0.4, -0.2) is 31.6 Å². The predicted octanol–water partition coefficient (Wildman–Crippen LogP) is 2.73. The van der Waals surface area contributed by atoms with E-state index in [2.05, 4.69) is 39.6 Å². The highest BCUT2D eigenvalue weighted by Gasteiger charge is 2.18. The third-order valence-corrected chi connectivity index (χ3v) is 2.70. The highest BCUT2D eigenvalue weighted by molar-refractivity contribution is 4.72. The summed E-state index contributed by atoms with van der Waals surface area (Å²) in [5, 5.41) is 0. The standard InChI is InChI=1S/C13H30N2/c1-6-7-8-15(5)11-12(10-14)9-13(2,3)4/h12H,6-11,14H2,1-5H3. The Morgan fingerprint density at radius 3 is 2.27 bits per heavy atom. The van der Waals surface area contributed by atoms with E-state index in [0.29, 0.717) is 11.3 Å². The summed E-state index contributed by atoms with van der Waals surface area (Å²) in [6.07, 6.45) is 3.79. The monoisotopic (exact) mass is 214 g/mol. The molecule has 0 saturated carbocycles. The molecule has 0 amide bonds. The molecule has 0 aliphatic rings. The van der Waals surface area contributed by atoms with Crippen LogP contribution in [0.4, 0.5) is 0 Å². The Hall–Kier alpha value is -0.0800. The van der Waals surface area contributed by atoms with Crippen LogP contribution in [0.1, 0.15) is 47.0 Å². The van der Waals surface area contributed by atoms with Gasteiger partial charge in [0.2, 0.25) is 0 Å². The zero-order valence-electron chi connectivity index (χ0n) is 11.3. The van der Waals surface area contributed by atoms with Gasteiger partial charge in [-0.15, -0.1) is 0 Å². The molecule has 15 heavy (non-hydrogen) atoms. The molecule has 0 aliphatic carbocycles. The second kappa shape index (κ2) is 7.24. The summed E-state index contributed by atoms with van der Waals surface area (Å²) in [6.45, 7) is 12.3. The lowest BCUT2D eigenvalue weighted by Crippen LogP contribution is -2.33. The summed E-state index contributed by atoms with van der Waals surface area (Å²) in [5.74, 6) is 0.645. The molecule has 0 heterocycles. The van der Waals surface area contributed by atoms with Crippen molar-refractivity contribution in [1.82, 2.24) is 4.90 Å². The first kappa shape index (κ1) is 14.9. The number of nitrogens with two attached hydrogens (primary N) is 1. The van der Waals surface area contributed by atoms with Crippen LogP contribution >= 0.6 is 0 Å². The molecule has 0 saturated heterocycles. The lowest BCUT2D eigenvalue weighted by molar-refractivity contribution is 0.219. The van der Waals surface area contributed by atoms with Gasteiger partial charge in [-0.25, -0.2) is 0 Å². The van der Waals surface area contributed by atoms with Crippen molar-refractivity contribution in [1.29, 1.82) is 0 Å². The second-order valence-corrected chi connectivity index (χ2v) is 5.98.